The molecule has 0 radical (unpaired) electrons. The Bertz CT molecular complexity index is 807. The van der Waals surface area contributed by atoms with Crippen LogP contribution in [-0.2, 0) is 11.2 Å². The van der Waals surface area contributed by atoms with Crippen LogP contribution in [0.15, 0.2) is 42.5 Å². The first-order chi connectivity index (χ1) is 11.5. The van der Waals surface area contributed by atoms with Crippen molar-refractivity contribution in [2.75, 3.05) is 11.4 Å². The zero-order chi connectivity index (χ0) is 17.3. The average Bonchev–Trinajstić information content (AvgIpc) is 3.00. The highest BCUT2D eigenvalue weighted by Gasteiger charge is 2.28. The number of para-hydroxylation sites is 1. The van der Waals surface area contributed by atoms with Crippen LogP contribution in [0, 0.1) is 0 Å². The first-order valence-electron chi connectivity index (χ1n) is 7.62. The van der Waals surface area contributed by atoms with Crippen LogP contribution in [0.3, 0.4) is 0 Å². The van der Waals surface area contributed by atoms with Crippen molar-refractivity contribution in [2.24, 2.45) is 0 Å². The third-order valence-corrected chi connectivity index (χ3v) is 4.79. The van der Waals surface area contributed by atoms with E-state index in [9.17, 15) is 9.59 Å². The molecule has 0 spiro atoms. The second-order valence-electron chi connectivity index (χ2n) is 5.69. The summed E-state index contributed by atoms with van der Waals surface area (Å²) in [6, 6.07) is 11.8. The summed E-state index contributed by atoms with van der Waals surface area (Å²) in [5, 5.41) is 3.40. The van der Waals surface area contributed by atoms with Gasteiger partial charge in [-0.15, -0.1) is 0 Å². The van der Waals surface area contributed by atoms with Crippen molar-refractivity contribution in [3.63, 3.8) is 0 Å². The molecule has 0 unspecified atom stereocenters. The molecule has 0 saturated heterocycles. The molecule has 6 heteroatoms. The van der Waals surface area contributed by atoms with E-state index in [2.05, 4.69) is 5.32 Å². The number of fused-ring (bicyclic) bond motifs is 1. The van der Waals surface area contributed by atoms with Gasteiger partial charge in [0, 0.05) is 17.8 Å². The van der Waals surface area contributed by atoms with Crippen molar-refractivity contribution in [1.29, 1.82) is 0 Å². The van der Waals surface area contributed by atoms with E-state index < -0.39 is 6.04 Å². The molecule has 1 N–H and O–H groups in total. The van der Waals surface area contributed by atoms with Gasteiger partial charge < -0.3 is 10.2 Å². The summed E-state index contributed by atoms with van der Waals surface area (Å²) in [5.74, 6) is -0.491. The SMILES string of the molecule is C[C@H](NC(=O)c1ccc(Cl)c(Cl)c1)C(=O)N1CCc2ccccc21. The molecule has 0 bridgehead atoms. The zero-order valence-corrected chi connectivity index (χ0v) is 14.6. The zero-order valence-electron chi connectivity index (χ0n) is 13.1. The molecule has 1 atom stereocenters. The molecule has 1 heterocycles. The van der Waals surface area contributed by atoms with Gasteiger partial charge in [0.25, 0.3) is 5.91 Å². The van der Waals surface area contributed by atoms with Crippen molar-refractivity contribution in [1.82, 2.24) is 5.32 Å². The Morgan fingerprint density at radius 3 is 2.62 bits per heavy atom. The molecule has 2 amide bonds. The van der Waals surface area contributed by atoms with Crippen LogP contribution in [0.2, 0.25) is 10.0 Å². The molecule has 2 aromatic carbocycles. The van der Waals surface area contributed by atoms with Gasteiger partial charge in [0.2, 0.25) is 5.91 Å². The standard InChI is InChI=1S/C18H16Cl2N2O2/c1-11(21-17(23)13-6-7-14(19)15(20)10-13)18(24)22-9-8-12-4-2-3-5-16(12)22/h2-7,10-11H,8-9H2,1H3,(H,21,23)/t11-/m0/s1. The molecule has 1 aliphatic heterocycles. The molecule has 24 heavy (non-hydrogen) atoms. The van der Waals surface area contributed by atoms with Gasteiger partial charge in [-0.1, -0.05) is 41.4 Å². The van der Waals surface area contributed by atoms with Crippen LogP contribution in [0.25, 0.3) is 0 Å². The third-order valence-electron chi connectivity index (χ3n) is 4.05. The monoisotopic (exact) mass is 362 g/mol. The number of nitrogens with one attached hydrogen (secondary N) is 1. The molecule has 0 fully saturated rings. The Balaban J connectivity index is 1.70. The number of carbonyl (C=O) groups excluding carboxylic acids is 2. The predicted octanol–water partition coefficient (Wildman–Crippen LogP) is 3.70. The summed E-state index contributed by atoms with van der Waals surface area (Å²) < 4.78 is 0. The second-order valence-corrected chi connectivity index (χ2v) is 6.51. The lowest BCUT2D eigenvalue weighted by Crippen LogP contribution is -2.46. The normalized spacial score (nSPS) is 14.2. The van der Waals surface area contributed by atoms with Gasteiger partial charge in [-0.2, -0.15) is 0 Å². The van der Waals surface area contributed by atoms with Crippen molar-refractivity contribution in [3.8, 4) is 0 Å². The number of carbonyl (C=O) groups is 2. The number of halogens is 2. The maximum absolute atomic E-state index is 12.7. The van der Waals surface area contributed by atoms with E-state index in [1.807, 2.05) is 24.3 Å². The minimum absolute atomic E-state index is 0.131. The molecule has 3 rings (SSSR count). The first kappa shape index (κ1) is 16.8. The molecule has 0 aromatic heterocycles. The fraction of sp³-hybridized carbons (Fsp3) is 0.222. The van der Waals surface area contributed by atoms with Crippen LogP contribution in [-0.4, -0.2) is 24.4 Å². The number of nitrogens with zero attached hydrogens (tertiary/aromatic N) is 1. The average molecular weight is 363 g/mol. The first-order valence-corrected chi connectivity index (χ1v) is 8.38. The lowest BCUT2D eigenvalue weighted by Gasteiger charge is -2.22. The molecule has 2 aromatic rings. The Labute approximate surface area is 150 Å². The number of amides is 2. The fourth-order valence-electron chi connectivity index (χ4n) is 2.78. The van der Waals surface area contributed by atoms with E-state index in [4.69, 9.17) is 23.2 Å². The summed E-state index contributed by atoms with van der Waals surface area (Å²) in [6.45, 7) is 2.31. The summed E-state index contributed by atoms with van der Waals surface area (Å²) in [6.07, 6.45) is 0.829. The summed E-state index contributed by atoms with van der Waals surface area (Å²) >= 11 is 11.8. The minimum atomic E-state index is -0.641. The lowest BCUT2D eigenvalue weighted by molar-refractivity contribution is -0.119. The molecule has 0 saturated carbocycles. The Hall–Kier alpha value is -2.04. The maximum atomic E-state index is 12.7. The summed E-state index contributed by atoms with van der Waals surface area (Å²) in [7, 11) is 0. The van der Waals surface area contributed by atoms with Crippen LogP contribution in [0.1, 0.15) is 22.8 Å². The largest absolute Gasteiger partial charge is 0.341 e. The van der Waals surface area contributed by atoms with Gasteiger partial charge in [0.15, 0.2) is 0 Å². The van der Waals surface area contributed by atoms with E-state index in [0.29, 0.717) is 22.2 Å². The summed E-state index contributed by atoms with van der Waals surface area (Å²) in [4.78, 5) is 26.7. The van der Waals surface area contributed by atoms with Crippen LogP contribution in [0.5, 0.6) is 0 Å². The Kier molecular flexibility index (Phi) is 4.78. The highest BCUT2D eigenvalue weighted by molar-refractivity contribution is 6.42. The summed E-state index contributed by atoms with van der Waals surface area (Å²) in [5.41, 5.74) is 2.43. The number of benzene rings is 2. The lowest BCUT2D eigenvalue weighted by atomic mass is 10.1. The van der Waals surface area contributed by atoms with Crippen molar-refractivity contribution >= 4 is 40.7 Å². The highest BCUT2D eigenvalue weighted by Crippen LogP contribution is 2.28. The van der Waals surface area contributed by atoms with E-state index in [1.54, 1.807) is 24.0 Å². The van der Waals surface area contributed by atoms with Crippen molar-refractivity contribution in [3.05, 3.63) is 63.6 Å². The minimum Gasteiger partial charge on any atom is -0.341 e. The molecule has 124 valence electrons. The quantitative estimate of drug-likeness (QED) is 0.904. The van der Waals surface area contributed by atoms with Crippen LogP contribution < -0.4 is 10.2 Å². The number of anilines is 1. The van der Waals surface area contributed by atoms with E-state index in [1.165, 1.54) is 6.07 Å². The van der Waals surface area contributed by atoms with Gasteiger partial charge in [0.1, 0.15) is 6.04 Å². The Morgan fingerprint density at radius 2 is 1.88 bits per heavy atom. The van der Waals surface area contributed by atoms with Gasteiger partial charge >= 0.3 is 0 Å². The molecule has 4 nitrogen and oxygen atoms in total. The van der Waals surface area contributed by atoms with Gasteiger partial charge in [-0.3, -0.25) is 9.59 Å². The van der Waals surface area contributed by atoms with Crippen molar-refractivity contribution < 1.29 is 9.59 Å². The van der Waals surface area contributed by atoms with Crippen LogP contribution >= 0.6 is 23.2 Å². The topological polar surface area (TPSA) is 49.4 Å². The second kappa shape index (κ2) is 6.83. The number of hydrogen-bond acceptors (Lipinski definition) is 2. The molecular weight excluding hydrogens is 347 g/mol. The molecule has 1 aliphatic rings. The third kappa shape index (κ3) is 3.25. The molecular formula is C18H16Cl2N2O2. The fourth-order valence-corrected chi connectivity index (χ4v) is 3.08. The van der Waals surface area contributed by atoms with Gasteiger partial charge in [-0.25, -0.2) is 0 Å². The van der Waals surface area contributed by atoms with Crippen LogP contribution in [0.4, 0.5) is 5.69 Å². The molecule has 0 aliphatic carbocycles. The van der Waals surface area contributed by atoms with Crippen molar-refractivity contribution in [2.45, 2.75) is 19.4 Å². The number of rotatable bonds is 3. The maximum Gasteiger partial charge on any atom is 0.251 e. The van der Waals surface area contributed by atoms with E-state index in [-0.39, 0.29) is 11.8 Å². The number of hydrogen-bond donors (Lipinski definition) is 1. The highest BCUT2D eigenvalue weighted by atomic mass is 35.5. The van der Waals surface area contributed by atoms with E-state index >= 15 is 0 Å². The van der Waals surface area contributed by atoms with Gasteiger partial charge in [0.05, 0.1) is 10.0 Å². The smallest absolute Gasteiger partial charge is 0.251 e. The predicted molar refractivity (Wildman–Crippen MR) is 95.9 cm³/mol. The Morgan fingerprint density at radius 1 is 1.12 bits per heavy atom. The van der Waals surface area contributed by atoms with Gasteiger partial charge in [-0.05, 0) is 43.2 Å². The van der Waals surface area contributed by atoms with E-state index in [0.717, 1.165) is 17.7 Å².